The Hall–Kier alpha value is -0.530. The number of rotatable bonds is 7. The van der Waals surface area contributed by atoms with Crippen molar-refractivity contribution in [3.05, 3.63) is 34.3 Å². The molecule has 1 aromatic rings. The molecule has 0 heterocycles. The minimum Gasteiger partial charge on any atom is -0.310 e. The lowest BCUT2D eigenvalue weighted by molar-refractivity contribution is 0.375. The predicted molar refractivity (Wildman–Crippen MR) is 81.3 cm³/mol. The highest BCUT2D eigenvalue weighted by atomic mass is 35.5. The van der Waals surface area contributed by atoms with Gasteiger partial charge in [-0.25, -0.2) is 0 Å². The van der Waals surface area contributed by atoms with Gasteiger partial charge >= 0.3 is 0 Å². The fraction of sp³-hybridized carbons (Fsp3) is 0.625. The van der Waals surface area contributed by atoms with Crippen LogP contribution in [0.25, 0.3) is 0 Å². The SMILES string of the molecule is CCNC(CC(CC)CC)c1ccc(Cl)cc1C. The number of hydrogen-bond donors (Lipinski definition) is 1. The molecule has 1 unspecified atom stereocenters. The first-order valence-corrected chi connectivity index (χ1v) is 7.49. The largest absolute Gasteiger partial charge is 0.310 e. The van der Waals surface area contributed by atoms with E-state index in [-0.39, 0.29) is 0 Å². The molecular formula is C16H26ClN. The van der Waals surface area contributed by atoms with Gasteiger partial charge in [0.1, 0.15) is 0 Å². The smallest absolute Gasteiger partial charge is 0.0408 e. The van der Waals surface area contributed by atoms with Crippen molar-refractivity contribution >= 4 is 11.6 Å². The molecule has 1 aromatic carbocycles. The molecule has 0 aliphatic heterocycles. The van der Waals surface area contributed by atoms with Crippen LogP contribution in [0.1, 0.15) is 57.2 Å². The highest BCUT2D eigenvalue weighted by Gasteiger charge is 2.17. The van der Waals surface area contributed by atoms with Gasteiger partial charge in [0, 0.05) is 11.1 Å². The number of aryl methyl sites for hydroxylation is 1. The fourth-order valence-corrected chi connectivity index (χ4v) is 2.78. The van der Waals surface area contributed by atoms with Gasteiger partial charge in [0.15, 0.2) is 0 Å². The lowest BCUT2D eigenvalue weighted by atomic mass is 9.89. The van der Waals surface area contributed by atoms with E-state index in [1.54, 1.807) is 0 Å². The van der Waals surface area contributed by atoms with Gasteiger partial charge in [-0.2, -0.15) is 0 Å². The van der Waals surface area contributed by atoms with Gasteiger partial charge in [-0.05, 0) is 49.1 Å². The van der Waals surface area contributed by atoms with Crippen molar-refractivity contribution in [2.45, 2.75) is 53.0 Å². The van der Waals surface area contributed by atoms with Gasteiger partial charge in [0.2, 0.25) is 0 Å². The summed E-state index contributed by atoms with van der Waals surface area (Å²) in [5.41, 5.74) is 2.69. The molecule has 0 amide bonds. The summed E-state index contributed by atoms with van der Waals surface area (Å²) < 4.78 is 0. The van der Waals surface area contributed by atoms with E-state index in [0.717, 1.165) is 17.5 Å². The summed E-state index contributed by atoms with van der Waals surface area (Å²) in [7, 11) is 0. The van der Waals surface area contributed by atoms with Crippen molar-refractivity contribution in [2.75, 3.05) is 6.54 Å². The van der Waals surface area contributed by atoms with Crippen LogP contribution in [-0.4, -0.2) is 6.54 Å². The van der Waals surface area contributed by atoms with Crippen LogP contribution in [0.4, 0.5) is 0 Å². The minimum atomic E-state index is 0.456. The van der Waals surface area contributed by atoms with Crippen LogP contribution in [0.3, 0.4) is 0 Å². The highest BCUT2D eigenvalue weighted by Crippen LogP contribution is 2.28. The number of nitrogens with one attached hydrogen (secondary N) is 1. The molecule has 0 radical (unpaired) electrons. The molecule has 0 bridgehead atoms. The Bertz CT molecular complexity index is 358. The summed E-state index contributed by atoms with van der Waals surface area (Å²) in [6.45, 7) is 9.90. The zero-order valence-corrected chi connectivity index (χ0v) is 12.8. The van der Waals surface area contributed by atoms with Crippen molar-refractivity contribution in [3.63, 3.8) is 0 Å². The number of halogens is 1. The van der Waals surface area contributed by atoms with Crippen molar-refractivity contribution in [1.82, 2.24) is 5.32 Å². The van der Waals surface area contributed by atoms with E-state index in [1.165, 1.54) is 30.4 Å². The Morgan fingerprint density at radius 1 is 1.17 bits per heavy atom. The van der Waals surface area contributed by atoms with Crippen LogP contribution in [0, 0.1) is 12.8 Å². The van der Waals surface area contributed by atoms with E-state index >= 15 is 0 Å². The van der Waals surface area contributed by atoms with Gasteiger partial charge in [0.25, 0.3) is 0 Å². The average Bonchev–Trinajstić information content (AvgIpc) is 2.35. The molecule has 18 heavy (non-hydrogen) atoms. The van der Waals surface area contributed by atoms with Crippen molar-refractivity contribution < 1.29 is 0 Å². The van der Waals surface area contributed by atoms with Gasteiger partial charge < -0.3 is 5.32 Å². The van der Waals surface area contributed by atoms with Gasteiger partial charge in [-0.1, -0.05) is 51.3 Å². The first-order chi connectivity index (χ1) is 8.62. The van der Waals surface area contributed by atoms with E-state index in [1.807, 2.05) is 6.07 Å². The fourth-order valence-electron chi connectivity index (χ4n) is 2.55. The molecule has 0 aliphatic rings. The minimum absolute atomic E-state index is 0.456. The summed E-state index contributed by atoms with van der Waals surface area (Å²) in [5.74, 6) is 0.795. The van der Waals surface area contributed by atoms with Gasteiger partial charge in [0.05, 0.1) is 0 Å². The topological polar surface area (TPSA) is 12.0 Å². The summed E-state index contributed by atoms with van der Waals surface area (Å²) in [6.07, 6.45) is 3.72. The lowest BCUT2D eigenvalue weighted by Crippen LogP contribution is -2.24. The molecule has 2 heteroatoms. The third kappa shape index (κ3) is 4.29. The Labute approximate surface area is 117 Å². The molecule has 1 N–H and O–H groups in total. The van der Waals surface area contributed by atoms with E-state index in [9.17, 15) is 0 Å². The summed E-state index contributed by atoms with van der Waals surface area (Å²) >= 11 is 6.04. The quantitative estimate of drug-likeness (QED) is 0.723. The van der Waals surface area contributed by atoms with E-state index in [0.29, 0.717) is 6.04 Å². The Balaban J connectivity index is 2.89. The Morgan fingerprint density at radius 3 is 2.33 bits per heavy atom. The van der Waals surface area contributed by atoms with E-state index < -0.39 is 0 Å². The monoisotopic (exact) mass is 267 g/mol. The zero-order chi connectivity index (χ0) is 13.5. The van der Waals surface area contributed by atoms with Gasteiger partial charge in [-0.3, -0.25) is 0 Å². The maximum absolute atomic E-state index is 6.04. The standard InChI is InChI=1S/C16H26ClN/c1-5-13(6-2)11-16(18-7-3)15-9-8-14(17)10-12(15)4/h8-10,13,16,18H,5-7,11H2,1-4H3. The Kier molecular flexibility index (Phi) is 6.73. The molecule has 1 nitrogen and oxygen atoms in total. The van der Waals surface area contributed by atoms with Crippen LogP contribution in [-0.2, 0) is 0 Å². The van der Waals surface area contributed by atoms with Crippen LogP contribution >= 0.6 is 11.6 Å². The Morgan fingerprint density at radius 2 is 1.83 bits per heavy atom. The molecular weight excluding hydrogens is 242 g/mol. The average molecular weight is 268 g/mol. The maximum Gasteiger partial charge on any atom is 0.0408 e. The second-order valence-corrected chi connectivity index (χ2v) is 5.47. The maximum atomic E-state index is 6.04. The van der Waals surface area contributed by atoms with Crippen LogP contribution < -0.4 is 5.32 Å². The normalized spacial score (nSPS) is 13.0. The molecule has 102 valence electrons. The summed E-state index contributed by atoms with van der Waals surface area (Å²) in [6, 6.07) is 6.69. The van der Waals surface area contributed by atoms with E-state index in [2.05, 4.69) is 45.1 Å². The first kappa shape index (κ1) is 15.5. The van der Waals surface area contributed by atoms with E-state index in [4.69, 9.17) is 11.6 Å². The molecule has 0 spiro atoms. The molecule has 0 aromatic heterocycles. The van der Waals surface area contributed by atoms with Crippen molar-refractivity contribution in [1.29, 1.82) is 0 Å². The summed E-state index contributed by atoms with van der Waals surface area (Å²) in [4.78, 5) is 0. The highest BCUT2D eigenvalue weighted by molar-refractivity contribution is 6.30. The summed E-state index contributed by atoms with van der Waals surface area (Å²) in [5, 5.41) is 4.44. The second-order valence-electron chi connectivity index (χ2n) is 5.03. The molecule has 1 atom stereocenters. The zero-order valence-electron chi connectivity index (χ0n) is 12.1. The van der Waals surface area contributed by atoms with Crippen LogP contribution in [0.2, 0.25) is 5.02 Å². The lowest BCUT2D eigenvalue weighted by Gasteiger charge is -2.24. The molecule has 0 aliphatic carbocycles. The third-order valence-corrected chi connectivity index (χ3v) is 4.02. The van der Waals surface area contributed by atoms with Gasteiger partial charge in [-0.15, -0.1) is 0 Å². The third-order valence-electron chi connectivity index (χ3n) is 3.78. The molecule has 0 saturated carbocycles. The van der Waals surface area contributed by atoms with Crippen LogP contribution in [0.5, 0.6) is 0 Å². The molecule has 0 saturated heterocycles. The van der Waals surface area contributed by atoms with Crippen molar-refractivity contribution in [2.24, 2.45) is 5.92 Å². The van der Waals surface area contributed by atoms with Crippen molar-refractivity contribution in [3.8, 4) is 0 Å². The van der Waals surface area contributed by atoms with Crippen LogP contribution in [0.15, 0.2) is 18.2 Å². The molecule has 0 fully saturated rings. The predicted octanol–water partition coefficient (Wildman–Crippen LogP) is 5.13. The molecule has 1 rings (SSSR count). The number of benzene rings is 1. The first-order valence-electron chi connectivity index (χ1n) is 7.11. The number of hydrogen-bond acceptors (Lipinski definition) is 1. The second kappa shape index (κ2) is 7.81.